The molecule has 94 valence electrons. The lowest BCUT2D eigenvalue weighted by Crippen LogP contribution is -1.92. The van der Waals surface area contributed by atoms with Crippen LogP contribution in [0.25, 0.3) is 27.3 Å². The van der Waals surface area contributed by atoms with Gasteiger partial charge in [-0.15, -0.1) is 16.4 Å². The highest BCUT2D eigenvalue weighted by molar-refractivity contribution is 7.15. The molecule has 0 aliphatic carbocycles. The van der Waals surface area contributed by atoms with Crippen LogP contribution in [-0.2, 0) is 0 Å². The van der Waals surface area contributed by atoms with E-state index < -0.39 is 0 Å². The maximum atomic E-state index is 5.86. The molecule has 0 bridgehead atoms. The fourth-order valence-corrected chi connectivity index (χ4v) is 3.09. The van der Waals surface area contributed by atoms with Crippen molar-refractivity contribution in [3.05, 3.63) is 35.3 Å². The van der Waals surface area contributed by atoms with Crippen LogP contribution in [0, 0.1) is 6.92 Å². The summed E-state index contributed by atoms with van der Waals surface area (Å²) in [4.78, 5) is 8.73. The Labute approximate surface area is 112 Å². The Bertz CT molecular complexity index is 898. The summed E-state index contributed by atoms with van der Waals surface area (Å²) in [5.74, 6) is 1.34. The summed E-state index contributed by atoms with van der Waals surface area (Å²) in [6.07, 6.45) is 0. The highest BCUT2D eigenvalue weighted by atomic mass is 32.1. The molecule has 0 aliphatic rings. The van der Waals surface area contributed by atoms with Gasteiger partial charge in [-0.25, -0.2) is 0 Å². The maximum Gasteiger partial charge on any atom is 0.214 e. The zero-order valence-corrected chi connectivity index (χ0v) is 11.0. The van der Waals surface area contributed by atoms with Gasteiger partial charge >= 0.3 is 0 Å². The summed E-state index contributed by atoms with van der Waals surface area (Å²) >= 11 is 1.50. The van der Waals surface area contributed by atoms with Gasteiger partial charge in [0, 0.05) is 27.5 Å². The standard InChI is InChI=1S/C13H11N5S/c1-7-11(8-4-2-3-5-9(8)15-7)12-16-13-18(17-12)10(14)6-19-13/h2-6,15H,14H2,1H3. The smallest absolute Gasteiger partial charge is 0.214 e. The third kappa shape index (κ3) is 1.40. The molecule has 0 amide bonds. The predicted molar refractivity (Wildman–Crippen MR) is 77.3 cm³/mol. The van der Waals surface area contributed by atoms with E-state index in [4.69, 9.17) is 5.73 Å². The van der Waals surface area contributed by atoms with E-state index >= 15 is 0 Å². The number of aromatic amines is 1. The molecule has 0 atom stereocenters. The molecule has 5 nitrogen and oxygen atoms in total. The normalized spacial score (nSPS) is 11.6. The predicted octanol–water partition coefficient (Wildman–Crippen LogP) is 2.83. The van der Waals surface area contributed by atoms with Crippen LogP contribution in [0.15, 0.2) is 29.6 Å². The lowest BCUT2D eigenvalue weighted by molar-refractivity contribution is 0.993. The van der Waals surface area contributed by atoms with Gasteiger partial charge in [0.25, 0.3) is 0 Å². The van der Waals surface area contributed by atoms with Crippen molar-refractivity contribution in [3.8, 4) is 11.4 Å². The van der Waals surface area contributed by atoms with Gasteiger partial charge in [-0.3, -0.25) is 0 Å². The Balaban J connectivity index is 2.05. The van der Waals surface area contributed by atoms with Crippen LogP contribution >= 0.6 is 11.3 Å². The maximum absolute atomic E-state index is 5.86. The largest absolute Gasteiger partial charge is 0.383 e. The minimum absolute atomic E-state index is 0.622. The summed E-state index contributed by atoms with van der Waals surface area (Å²) in [6, 6.07) is 8.16. The monoisotopic (exact) mass is 269 g/mol. The second-order valence-electron chi connectivity index (χ2n) is 4.46. The average molecular weight is 269 g/mol. The Hall–Kier alpha value is -2.34. The van der Waals surface area contributed by atoms with E-state index in [0.29, 0.717) is 11.6 Å². The first-order valence-electron chi connectivity index (χ1n) is 5.91. The van der Waals surface area contributed by atoms with Gasteiger partial charge in [0.2, 0.25) is 4.96 Å². The van der Waals surface area contributed by atoms with Crippen LogP contribution < -0.4 is 5.73 Å². The average Bonchev–Trinajstić information content (AvgIpc) is 3.03. The fraction of sp³-hybridized carbons (Fsp3) is 0.0769. The number of anilines is 1. The van der Waals surface area contributed by atoms with Crippen molar-refractivity contribution in [2.75, 3.05) is 5.73 Å². The Morgan fingerprint density at radius 3 is 3.00 bits per heavy atom. The van der Waals surface area contributed by atoms with E-state index in [2.05, 4.69) is 27.2 Å². The number of nitrogens with two attached hydrogens (primary N) is 1. The van der Waals surface area contributed by atoms with Crippen LogP contribution in [0.1, 0.15) is 5.69 Å². The van der Waals surface area contributed by atoms with Gasteiger partial charge in [0.05, 0.1) is 0 Å². The van der Waals surface area contributed by atoms with Crippen LogP contribution in [0.4, 0.5) is 5.82 Å². The number of hydrogen-bond acceptors (Lipinski definition) is 4. The van der Waals surface area contributed by atoms with Crippen molar-refractivity contribution in [1.29, 1.82) is 0 Å². The summed E-state index contributed by atoms with van der Waals surface area (Å²) in [5.41, 5.74) is 9.07. The molecule has 0 saturated carbocycles. The first-order valence-corrected chi connectivity index (χ1v) is 6.79. The van der Waals surface area contributed by atoms with Crippen molar-refractivity contribution >= 4 is 33.0 Å². The van der Waals surface area contributed by atoms with E-state index in [0.717, 1.165) is 27.1 Å². The Kier molecular flexibility index (Phi) is 1.99. The quantitative estimate of drug-likeness (QED) is 0.558. The molecule has 3 heterocycles. The first kappa shape index (κ1) is 10.6. The topological polar surface area (TPSA) is 72.0 Å². The number of H-pyrrole nitrogens is 1. The number of aryl methyl sites for hydroxylation is 1. The van der Waals surface area contributed by atoms with Crippen molar-refractivity contribution in [3.63, 3.8) is 0 Å². The third-order valence-corrected chi connectivity index (χ3v) is 4.06. The molecule has 3 aromatic heterocycles. The summed E-state index contributed by atoms with van der Waals surface area (Å²) in [7, 11) is 0. The molecule has 0 radical (unpaired) electrons. The molecule has 19 heavy (non-hydrogen) atoms. The molecule has 3 N–H and O–H groups in total. The van der Waals surface area contributed by atoms with Gasteiger partial charge in [-0.2, -0.15) is 9.50 Å². The molecule has 6 heteroatoms. The number of hydrogen-bond donors (Lipinski definition) is 2. The zero-order chi connectivity index (χ0) is 13.0. The number of fused-ring (bicyclic) bond motifs is 2. The van der Waals surface area contributed by atoms with Crippen molar-refractivity contribution < 1.29 is 0 Å². The number of nitrogen functional groups attached to an aromatic ring is 1. The van der Waals surface area contributed by atoms with Gasteiger partial charge < -0.3 is 10.7 Å². The number of rotatable bonds is 1. The minimum atomic E-state index is 0.622. The zero-order valence-electron chi connectivity index (χ0n) is 10.2. The molecule has 0 unspecified atom stereocenters. The number of aromatic nitrogens is 4. The summed E-state index contributed by atoms with van der Waals surface area (Å²) in [5, 5.41) is 7.48. The van der Waals surface area contributed by atoms with Crippen LogP contribution in [-0.4, -0.2) is 19.6 Å². The van der Waals surface area contributed by atoms with E-state index in [1.165, 1.54) is 11.3 Å². The second kappa shape index (κ2) is 3.58. The highest BCUT2D eigenvalue weighted by Crippen LogP contribution is 2.31. The van der Waals surface area contributed by atoms with Crippen LogP contribution in [0.5, 0.6) is 0 Å². The van der Waals surface area contributed by atoms with Gasteiger partial charge in [-0.1, -0.05) is 18.2 Å². The Morgan fingerprint density at radius 2 is 2.16 bits per heavy atom. The highest BCUT2D eigenvalue weighted by Gasteiger charge is 2.16. The third-order valence-electron chi connectivity index (χ3n) is 3.22. The number of nitrogens with one attached hydrogen (secondary N) is 1. The van der Waals surface area contributed by atoms with Crippen molar-refractivity contribution in [1.82, 2.24) is 19.6 Å². The summed E-state index contributed by atoms with van der Waals surface area (Å²) in [6.45, 7) is 2.04. The van der Waals surface area contributed by atoms with E-state index in [-0.39, 0.29) is 0 Å². The Morgan fingerprint density at radius 1 is 1.32 bits per heavy atom. The lowest BCUT2D eigenvalue weighted by atomic mass is 10.1. The molecular weight excluding hydrogens is 258 g/mol. The van der Waals surface area contributed by atoms with Crippen LogP contribution in [0.3, 0.4) is 0 Å². The van der Waals surface area contributed by atoms with E-state index in [9.17, 15) is 0 Å². The minimum Gasteiger partial charge on any atom is -0.383 e. The summed E-state index contributed by atoms with van der Waals surface area (Å²) < 4.78 is 1.68. The van der Waals surface area contributed by atoms with Gasteiger partial charge in [0.1, 0.15) is 5.82 Å². The molecule has 4 aromatic rings. The van der Waals surface area contributed by atoms with E-state index in [1.54, 1.807) is 4.52 Å². The first-order chi connectivity index (χ1) is 9.24. The van der Waals surface area contributed by atoms with Crippen LogP contribution in [0.2, 0.25) is 0 Å². The van der Waals surface area contributed by atoms with Crippen molar-refractivity contribution in [2.45, 2.75) is 6.92 Å². The van der Waals surface area contributed by atoms with Gasteiger partial charge in [-0.05, 0) is 13.0 Å². The fourth-order valence-electron chi connectivity index (χ4n) is 2.38. The number of benzene rings is 1. The van der Waals surface area contributed by atoms with Crippen molar-refractivity contribution in [2.24, 2.45) is 0 Å². The van der Waals surface area contributed by atoms with E-state index in [1.807, 2.05) is 24.4 Å². The number of nitrogens with zero attached hydrogens (tertiary/aromatic N) is 3. The molecule has 0 saturated heterocycles. The SMILES string of the molecule is Cc1[nH]c2ccccc2c1-c1nc2scc(N)n2n1. The molecule has 0 spiro atoms. The second-order valence-corrected chi connectivity index (χ2v) is 5.30. The molecule has 0 fully saturated rings. The molecular formula is C13H11N5S. The number of para-hydroxylation sites is 1. The molecule has 1 aromatic carbocycles. The lowest BCUT2D eigenvalue weighted by Gasteiger charge is -1.94. The van der Waals surface area contributed by atoms with Gasteiger partial charge in [0.15, 0.2) is 5.82 Å². The number of thiazole rings is 1. The molecule has 0 aliphatic heterocycles. The molecule has 4 rings (SSSR count).